The van der Waals surface area contributed by atoms with Crippen molar-refractivity contribution in [2.24, 2.45) is 0 Å². The Morgan fingerprint density at radius 3 is 2.68 bits per heavy atom. The average Bonchev–Trinajstić information content (AvgIpc) is 2.57. The monoisotopic (exact) mass is 308 g/mol. The Bertz CT molecular complexity index is 873. The van der Waals surface area contributed by atoms with E-state index in [-0.39, 0.29) is 5.43 Å². The number of benzene rings is 2. The van der Waals surface area contributed by atoms with E-state index >= 15 is 0 Å². The fourth-order valence-corrected chi connectivity index (χ4v) is 3.94. The van der Waals surface area contributed by atoms with Crippen molar-refractivity contribution in [3.8, 4) is 0 Å². The van der Waals surface area contributed by atoms with Crippen molar-refractivity contribution in [3.63, 3.8) is 0 Å². The number of fused-ring (bicyclic) bond motifs is 2. The summed E-state index contributed by atoms with van der Waals surface area (Å²) in [6.45, 7) is 2.33. The maximum atomic E-state index is 12.7. The molecule has 4 heteroatoms. The summed E-state index contributed by atoms with van der Waals surface area (Å²) in [6, 6.07) is 18.2. The molecule has 22 heavy (non-hydrogen) atoms. The highest BCUT2D eigenvalue weighted by atomic mass is 32.1. The third-order valence-electron chi connectivity index (χ3n) is 3.99. The molecular formula is C18H16N2OS. The number of anilines is 1. The smallest absolute Gasteiger partial charge is 0.194 e. The van der Waals surface area contributed by atoms with Crippen LogP contribution in [0.2, 0.25) is 0 Å². The lowest BCUT2D eigenvalue weighted by atomic mass is 10.1. The first-order valence-corrected chi connectivity index (χ1v) is 8.18. The largest absolute Gasteiger partial charge is 0.364 e. The van der Waals surface area contributed by atoms with Gasteiger partial charge >= 0.3 is 0 Å². The van der Waals surface area contributed by atoms with Gasteiger partial charge in [-0.2, -0.15) is 0 Å². The summed E-state index contributed by atoms with van der Waals surface area (Å²) in [5.74, 6) is 0. The van der Waals surface area contributed by atoms with Gasteiger partial charge in [0.15, 0.2) is 5.43 Å². The molecule has 3 aromatic rings. The summed E-state index contributed by atoms with van der Waals surface area (Å²) in [4.78, 5) is 15.0. The van der Waals surface area contributed by atoms with E-state index in [4.69, 9.17) is 0 Å². The van der Waals surface area contributed by atoms with Gasteiger partial charge in [0.05, 0.1) is 11.7 Å². The lowest BCUT2D eigenvalue weighted by Crippen LogP contribution is -2.35. The molecule has 0 radical (unpaired) electrons. The third kappa shape index (κ3) is 2.40. The van der Waals surface area contributed by atoms with Crippen LogP contribution in [-0.4, -0.2) is 11.6 Å². The molecule has 3 nitrogen and oxygen atoms in total. The standard InChI is InChI=1S/C18H16N2OS/c21-17-14-8-4-5-9-16(14)22-18-15(17)11-20(12-19-18)10-13-6-2-1-3-7-13/h1-9,19H,10-12H2. The highest BCUT2D eigenvalue weighted by Gasteiger charge is 2.20. The molecule has 0 bridgehead atoms. The van der Waals surface area contributed by atoms with Crippen LogP contribution in [0.3, 0.4) is 0 Å². The van der Waals surface area contributed by atoms with Gasteiger partial charge in [0.2, 0.25) is 0 Å². The van der Waals surface area contributed by atoms with Crippen LogP contribution in [0, 0.1) is 0 Å². The molecule has 0 spiro atoms. The first-order chi connectivity index (χ1) is 10.8. The Hall–Kier alpha value is -2.17. The van der Waals surface area contributed by atoms with Gasteiger partial charge in [-0.1, -0.05) is 42.5 Å². The molecular weight excluding hydrogens is 292 g/mol. The van der Waals surface area contributed by atoms with E-state index in [1.807, 2.05) is 30.3 Å². The molecule has 1 aromatic heterocycles. The highest BCUT2D eigenvalue weighted by Crippen LogP contribution is 2.30. The second kappa shape index (κ2) is 5.55. The van der Waals surface area contributed by atoms with Gasteiger partial charge in [0.25, 0.3) is 0 Å². The number of hydrogen-bond donors (Lipinski definition) is 1. The highest BCUT2D eigenvalue weighted by molar-refractivity contribution is 7.22. The minimum Gasteiger partial charge on any atom is -0.364 e. The molecule has 110 valence electrons. The van der Waals surface area contributed by atoms with E-state index in [0.29, 0.717) is 6.54 Å². The molecule has 0 unspecified atom stereocenters. The summed E-state index contributed by atoms with van der Waals surface area (Å²) in [5.41, 5.74) is 2.32. The van der Waals surface area contributed by atoms with Gasteiger partial charge in [-0.3, -0.25) is 9.69 Å². The van der Waals surface area contributed by atoms with Crippen LogP contribution in [0.15, 0.2) is 59.4 Å². The molecule has 0 saturated heterocycles. The van der Waals surface area contributed by atoms with Crippen molar-refractivity contribution in [3.05, 3.63) is 75.9 Å². The van der Waals surface area contributed by atoms with Crippen LogP contribution in [0.1, 0.15) is 11.1 Å². The Morgan fingerprint density at radius 1 is 1.05 bits per heavy atom. The summed E-state index contributed by atoms with van der Waals surface area (Å²) in [5, 5.41) is 5.26. The van der Waals surface area contributed by atoms with Crippen LogP contribution in [0.5, 0.6) is 0 Å². The summed E-state index contributed by atoms with van der Waals surface area (Å²) >= 11 is 1.67. The molecule has 2 heterocycles. The van der Waals surface area contributed by atoms with E-state index in [1.54, 1.807) is 11.3 Å². The zero-order chi connectivity index (χ0) is 14.9. The fraction of sp³-hybridized carbons (Fsp3) is 0.167. The van der Waals surface area contributed by atoms with Crippen molar-refractivity contribution in [2.45, 2.75) is 13.1 Å². The Balaban J connectivity index is 1.68. The average molecular weight is 308 g/mol. The Labute approximate surface area is 132 Å². The van der Waals surface area contributed by atoms with Gasteiger partial charge in [-0.25, -0.2) is 0 Å². The van der Waals surface area contributed by atoms with Crippen LogP contribution in [-0.2, 0) is 13.1 Å². The predicted octanol–water partition coefficient (Wildman–Crippen LogP) is 3.65. The topological polar surface area (TPSA) is 32.3 Å². The molecule has 0 fully saturated rings. The summed E-state index contributed by atoms with van der Waals surface area (Å²) in [7, 11) is 0. The van der Waals surface area contributed by atoms with Gasteiger partial charge in [0, 0.05) is 28.7 Å². The normalized spacial score (nSPS) is 14.5. The number of hydrogen-bond acceptors (Lipinski definition) is 4. The van der Waals surface area contributed by atoms with Crippen molar-refractivity contribution < 1.29 is 0 Å². The van der Waals surface area contributed by atoms with Crippen molar-refractivity contribution in [2.75, 3.05) is 12.0 Å². The van der Waals surface area contributed by atoms with Crippen LogP contribution < -0.4 is 10.7 Å². The van der Waals surface area contributed by atoms with Gasteiger partial charge < -0.3 is 5.32 Å². The molecule has 0 amide bonds. The van der Waals surface area contributed by atoms with Crippen molar-refractivity contribution in [1.29, 1.82) is 0 Å². The Kier molecular flexibility index (Phi) is 3.41. The van der Waals surface area contributed by atoms with Gasteiger partial charge in [-0.15, -0.1) is 11.3 Å². The lowest BCUT2D eigenvalue weighted by molar-refractivity contribution is 0.267. The Morgan fingerprint density at radius 2 is 1.82 bits per heavy atom. The summed E-state index contributed by atoms with van der Waals surface area (Å²) in [6.07, 6.45) is 0. The second-order valence-corrected chi connectivity index (χ2v) is 6.59. The molecule has 4 rings (SSSR count). The minimum atomic E-state index is 0.162. The lowest BCUT2D eigenvalue weighted by Gasteiger charge is -2.29. The third-order valence-corrected chi connectivity index (χ3v) is 5.16. The quantitative estimate of drug-likeness (QED) is 0.784. The van der Waals surface area contributed by atoms with Gasteiger partial charge in [0.1, 0.15) is 0 Å². The minimum absolute atomic E-state index is 0.162. The van der Waals surface area contributed by atoms with Crippen molar-refractivity contribution >= 4 is 26.4 Å². The van der Waals surface area contributed by atoms with Crippen LogP contribution in [0.25, 0.3) is 10.1 Å². The zero-order valence-corrected chi connectivity index (χ0v) is 12.9. The van der Waals surface area contributed by atoms with E-state index < -0.39 is 0 Å². The van der Waals surface area contributed by atoms with Crippen molar-refractivity contribution in [1.82, 2.24) is 4.90 Å². The molecule has 2 aromatic carbocycles. The van der Waals surface area contributed by atoms with Crippen LogP contribution >= 0.6 is 11.3 Å². The first-order valence-electron chi connectivity index (χ1n) is 7.36. The molecule has 1 aliphatic rings. The maximum Gasteiger partial charge on any atom is 0.194 e. The molecule has 0 saturated carbocycles. The van der Waals surface area contributed by atoms with E-state index in [0.717, 1.165) is 33.9 Å². The van der Waals surface area contributed by atoms with E-state index in [1.165, 1.54) is 5.56 Å². The number of nitrogens with zero attached hydrogens (tertiary/aromatic N) is 1. The number of rotatable bonds is 2. The fourth-order valence-electron chi connectivity index (χ4n) is 2.88. The molecule has 1 aliphatic heterocycles. The van der Waals surface area contributed by atoms with E-state index in [9.17, 15) is 4.79 Å². The molecule has 0 aliphatic carbocycles. The SMILES string of the molecule is O=c1c2c(sc3ccccc13)NCN(Cc1ccccc1)C2. The predicted molar refractivity (Wildman–Crippen MR) is 92.3 cm³/mol. The summed E-state index contributed by atoms with van der Waals surface area (Å²) < 4.78 is 1.05. The zero-order valence-electron chi connectivity index (χ0n) is 12.1. The van der Waals surface area contributed by atoms with Gasteiger partial charge in [-0.05, 0) is 17.7 Å². The molecule has 1 N–H and O–H groups in total. The number of nitrogens with one attached hydrogen (secondary N) is 1. The first kappa shape index (κ1) is 13.5. The maximum absolute atomic E-state index is 12.7. The van der Waals surface area contributed by atoms with E-state index in [2.05, 4.69) is 34.5 Å². The second-order valence-electron chi connectivity index (χ2n) is 5.54. The molecule has 0 atom stereocenters. The van der Waals surface area contributed by atoms with Crippen LogP contribution in [0.4, 0.5) is 5.00 Å².